The number of benzene rings is 1. The minimum absolute atomic E-state index is 0.0921. The van der Waals surface area contributed by atoms with Gasteiger partial charge in [-0.1, -0.05) is 17.3 Å². The van der Waals surface area contributed by atoms with E-state index in [1.165, 1.54) is 0 Å². The third-order valence-corrected chi connectivity index (χ3v) is 5.68. The molecule has 3 rings (SSSR count). The van der Waals surface area contributed by atoms with Crippen LogP contribution in [0.15, 0.2) is 33.7 Å². The maximum atomic E-state index is 12.4. The summed E-state index contributed by atoms with van der Waals surface area (Å²) in [5.74, 6) is 0.751. The van der Waals surface area contributed by atoms with Crippen LogP contribution in [0.1, 0.15) is 46.1 Å². The van der Waals surface area contributed by atoms with Gasteiger partial charge < -0.3 is 9.84 Å². The van der Waals surface area contributed by atoms with Crippen LogP contribution in [0.3, 0.4) is 0 Å². The summed E-state index contributed by atoms with van der Waals surface area (Å²) >= 11 is 0. The van der Waals surface area contributed by atoms with E-state index in [2.05, 4.69) is 15.2 Å². The largest absolute Gasteiger partial charge is 0.360 e. The van der Waals surface area contributed by atoms with Gasteiger partial charge in [-0.2, -0.15) is 0 Å². The molecule has 1 aromatic heterocycles. The molecule has 1 aliphatic carbocycles. The molecule has 1 aromatic carbocycles. The van der Waals surface area contributed by atoms with Crippen LogP contribution in [0.2, 0.25) is 0 Å². The van der Waals surface area contributed by atoms with Gasteiger partial charge in [0, 0.05) is 25.1 Å². The summed E-state index contributed by atoms with van der Waals surface area (Å²) in [5, 5.41) is 6.38. The molecule has 1 fully saturated rings. The Hall–Kier alpha value is -2.19. The molecule has 7 nitrogen and oxygen atoms in total. The standard InChI is InChI=1S/C17H21N3O4S/c1-11-3-4-12(2)16(9-11)25(22,23)19-8-7-18-17(21)14-10-15(24-20-14)13-5-6-13/h3-4,9-10,13,19H,5-8H2,1-2H3,(H,18,21). The van der Waals surface area contributed by atoms with Crippen molar-refractivity contribution in [2.75, 3.05) is 13.1 Å². The highest BCUT2D eigenvalue weighted by Crippen LogP contribution is 2.40. The van der Waals surface area contributed by atoms with Gasteiger partial charge in [0.1, 0.15) is 5.76 Å². The number of hydrogen-bond donors (Lipinski definition) is 2. The molecular weight excluding hydrogens is 342 g/mol. The molecule has 1 aliphatic rings. The zero-order valence-corrected chi connectivity index (χ0v) is 15.0. The number of hydrogen-bond acceptors (Lipinski definition) is 5. The maximum absolute atomic E-state index is 12.4. The molecule has 2 aromatic rings. The topological polar surface area (TPSA) is 101 Å². The first-order valence-electron chi connectivity index (χ1n) is 8.18. The van der Waals surface area contributed by atoms with Gasteiger partial charge in [0.2, 0.25) is 10.0 Å². The highest BCUT2D eigenvalue weighted by Gasteiger charge is 2.28. The maximum Gasteiger partial charge on any atom is 0.273 e. The number of carbonyl (C=O) groups excluding carboxylic acids is 1. The monoisotopic (exact) mass is 363 g/mol. The van der Waals surface area contributed by atoms with Crippen LogP contribution in [-0.2, 0) is 10.0 Å². The predicted molar refractivity (Wildman–Crippen MR) is 91.9 cm³/mol. The highest BCUT2D eigenvalue weighted by atomic mass is 32.2. The second-order valence-electron chi connectivity index (χ2n) is 6.31. The first-order chi connectivity index (χ1) is 11.9. The highest BCUT2D eigenvalue weighted by molar-refractivity contribution is 7.89. The van der Waals surface area contributed by atoms with Crippen molar-refractivity contribution < 1.29 is 17.7 Å². The van der Waals surface area contributed by atoms with Crippen LogP contribution in [-0.4, -0.2) is 32.6 Å². The number of nitrogens with zero attached hydrogens (tertiary/aromatic N) is 1. The van der Waals surface area contributed by atoms with Crippen molar-refractivity contribution in [1.29, 1.82) is 0 Å². The van der Waals surface area contributed by atoms with Gasteiger partial charge in [0.15, 0.2) is 5.69 Å². The second kappa shape index (κ2) is 6.97. The van der Waals surface area contributed by atoms with E-state index in [-0.39, 0.29) is 29.6 Å². The first-order valence-corrected chi connectivity index (χ1v) is 9.67. The van der Waals surface area contributed by atoms with Crippen molar-refractivity contribution in [2.45, 2.75) is 37.5 Å². The van der Waals surface area contributed by atoms with Crippen LogP contribution < -0.4 is 10.0 Å². The number of aryl methyl sites for hydroxylation is 2. The molecule has 0 spiro atoms. The Bertz CT molecular complexity index is 885. The first kappa shape index (κ1) is 17.6. The van der Waals surface area contributed by atoms with Gasteiger partial charge in [-0.3, -0.25) is 4.79 Å². The van der Waals surface area contributed by atoms with Crippen molar-refractivity contribution in [3.63, 3.8) is 0 Å². The second-order valence-corrected chi connectivity index (χ2v) is 8.05. The van der Waals surface area contributed by atoms with Gasteiger partial charge in [0.25, 0.3) is 5.91 Å². The molecule has 0 unspecified atom stereocenters. The van der Waals surface area contributed by atoms with Crippen LogP contribution >= 0.6 is 0 Å². The van der Waals surface area contributed by atoms with Gasteiger partial charge >= 0.3 is 0 Å². The minimum Gasteiger partial charge on any atom is -0.360 e. The average Bonchev–Trinajstić information content (AvgIpc) is 3.30. The number of rotatable bonds is 7. The molecule has 134 valence electrons. The molecule has 2 N–H and O–H groups in total. The molecule has 8 heteroatoms. The summed E-state index contributed by atoms with van der Waals surface area (Å²) in [6.07, 6.45) is 2.13. The van der Waals surface area contributed by atoms with Crippen LogP contribution in [0.5, 0.6) is 0 Å². The van der Waals surface area contributed by atoms with Crippen molar-refractivity contribution in [3.8, 4) is 0 Å². The lowest BCUT2D eigenvalue weighted by atomic mass is 10.2. The number of nitrogens with one attached hydrogen (secondary N) is 2. The minimum atomic E-state index is -3.61. The van der Waals surface area contributed by atoms with E-state index in [0.29, 0.717) is 11.5 Å². The van der Waals surface area contributed by atoms with E-state index >= 15 is 0 Å². The van der Waals surface area contributed by atoms with E-state index in [0.717, 1.165) is 24.2 Å². The third kappa shape index (κ3) is 4.26. The van der Waals surface area contributed by atoms with Crippen molar-refractivity contribution in [3.05, 3.63) is 46.8 Å². The third-order valence-electron chi connectivity index (χ3n) is 4.08. The number of aromatic nitrogens is 1. The lowest BCUT2D eigenvalue weighted by Gasteiger charge is -2.10. The zero-order valence-electron chi connectivity index (χ0n) is 14.2. The predicted octanol–water partition coefficient (Wildman–Crippen LogP) is 1.88. The lowest BCUT2D eigenvalue weighted by Crippen LogP contribution is -2.35. The Morgan fingerprint density at radius 3 is 2.72 bits per heavy atom. The Morgan fingerprint density at radius 1 is 1.24 bits per heavy atom. The van der Waals surface area contributed by atoms with E-state index < -0.39 is 10.0 Å². The number of amides is 1. The molecule has 0 bridgehead atoms. The van der Waals surface area contributed by atoms with Gasteiger partial charge in [-0.25, -0.2) is 13.1 Å². The van der Waals surface area contributed by atoms with Crippen molar-refractivity contribution >= 4 is 15.9 Å². The summed E-state index contributed by atoms with van der Waals surface area (Å²) in [6, 6.07) is 6.91. The fourth-order valence-corrected chi connectivity index (χ4v) is 3.84. The summed E-state index contributed by atoms with van der Waals surface area (Å²) in [7, 11) is -3.61. The van der Waals surface area contributed by atoms with Crippen LogP contribution in [0.25, 0.3) is 0 Å². The van der Waals surface area contributed by atoms with E-state index in [9.17, 15) is 13.2 Å². The van der Waals surface area contributed by atoms with E-state index in [1.807, 2.05) is 13.0 Å². The molecule has 1 saturated carbocycles. The fourth-order valence-electron chi connectivity index (χ4n) is 2.48. The molecule has 0 aliphatic heterocycles. The smallest absolute Gasteiger partial charge is 0.273 e. The van der Waals surface area contributed by atoms with Crippen LogP contribution in [0.4, 0.5) is 0 Å². The Kier molecular flexibility index (Phi) is 4.91. The molecule has 0 atom stereocenters. The fraction of sp³-hybridized carbons (Fsp3) is 0.412. The number of carbonyl (C=O) groups is 1. The van der Waals surface area contributed by atoms with Gasteiger partial charge in [-0.05, 0) is 43.9 Å². The van der Waals surface area contributed by atoms with Crippen LogP contribution in [0, 0.1) is 13.8 Å². The van der Waals surface area contributed by atoms with Crippen molar-refractivity contribution in [1.82, 2.24) is 15.2 Å². The molecule has 0 radical (unpaired) electrons. The van der Waals surface area contributed by atoms with Gasteiger partial charge in [-0.15, -0.1) is 0 Å². The zero-order chi connectivity index (χ0) is 18.0. The summed E-state index contributed by atoms with van der Waals surface area (Å²) in [4.78, 5) is 12.2. The molecule has 1 heterocycles. The molecule has 25 heavy (non-hydrogen) atoms. The molecule has 0 saturated heterocycles. The SMILES string of the molecule is Cc1ccc(C)c(S(=O)(=O)NCCNC(=O)c2cc(C3CC3)on2)c1. The lowest BCUT2D eigenvalue weighted by molar-refractivity contribution is 0.0945. The summed E-state index contributed by atoms with van der Waals surface area (Å²) < 4.78 is 32.3. The van der Waals surface area contributed by atoms with E-state index in [1.54, 1.807) is 25.1 Å². The molecular formula is C17H21N3O4S. The Labute approximate surface area is 146 Å². The summed E-state index contributed by atoms with van der Waals surface area (Å²) in [6.45, 7) is 3.84. The Morgan fingerprint density at radius 2 is 2.00 bits per heavy atom. The van der Waals surface area contributed by atoms with Crippen molar-refractivity contribution in [2.24, 2.45) is 0 Å². The molecule has 1 amide bonds. The quantitative estimate of drug-likeness (QED) is 0.732. The summed E-state index contributed by atoms with van der Waals surface area (Å²) in [5.41, 5.74) is 1.77. The Balaban J connectivity index is 1.51. The van der Waals surface area contributed by atoms with E-state index in [4.69, 9.17) is 4.52 Å². The average molecular weight is 363 g/mol. The van der Waals surface area contributed by atoms with Gasteiger partial charge in [0.05, 0.1) is 4.90 Å². The normalized spacial score (nSPS) is 14.5. The number of sulfonamides is 1.